The normalized spacial score (nSPS) is 9.44. The molecule has 0 atom stereocenters. The number of thiocarbonyl (C=S) groups is 1. The van der Waals surface area contributed by atoms with Crippen molar-refractivity contribution in [3.63, 3.8) is 0 Å². The molecule has 0 rings (SSSR count). The second-order valence-corrected chi connectivity index (χ2v) is 2.90. The van der Waals surface area contributed by atoms with Gasteiger partial charge in [0.25, 0.3) is 0 Å². The van der Waals surface area contributed by atoms with E-state index in [4.69, 9.17) is 16.6 Å². The number of hydrogen-bond acceptors (Lipinski definition) is 2. The lowest BCUT2D eigenvalue weighted by atomic mass is 10.2. The molecule has 0 radical (unpaired) electrons. The van der Waals surface area contributed by atoms with Gasteiger partial charge in [-0.25, -0.2) is 0 Å². The van der Waals surface area contributed by atoms with E-state index in [1.54, 1.807) is 0 Å². The van der Waals surface area contributed by atoms with E-state index in [0.717, 1.165) is 22.0 Å². The molecular formula is C6H14OSSi. The highest BCUT2D eigenvalue weighted by Crippen LogP contribution is 2.00. The molecule has 0 aromatic heterocycles. The summed E-state index contributed by atoms with van der Waals surface area (Å²) in [5, 5.41) is 0.801. The van der Waals surface area contributed by atoms with Crippen LogP contribution in [-0.2, 0) is 4.43 Å². The average Bonchev–Trinajstić information content (AvgIpc) is 1.89. The van der Waals surface area contributed by atoms with Gasteiger partial charge in [-0.2, -0.15) is 0 Å². The zero-order valence-corrected chi connectivity index (χ0v) is 8.96. The van der Waals surface area contributed by atoms with Crippen LogP contribution in [0.1, 0.15) is 32.6 Å². The molecule has 1 nitrogen and oxygen atoms in total. The molecule has 0 saturated heterocycles. The van der Waals surface area contributed by atoms with Crippen LogP contribution in [-0.4, -0.2) is 15.5 Å². The fourth-order valence-electron chi connectivity index (χ4n) is 0.621. The zero-order chi connectivity index (χ0) is 7.11. The van der Waals surface area contributed by atoms with Crippen molar-refractivity contribution in [3.05, 3.63) is 0 Å². The summed E-state index contributed by atoms with van der Waals surface area (Å²) in [4.78, 5) is 0. The van der Waals surface area contributed by atoms with Crippen molar-refractivity contribution in [1.82, 2.24) is 0 Å². The lowest BCUT2D eigenvalue weighted by Gasteiger charge is -2.00. The first kappa shape index (κ1) is 9.11. The molecule has 54 valence electrons. The highest BCUT2D eigenvalue weighted by Gasteiger charge is 1.91. The molecule has 0 fully saturated rings. The van der Waals surface area contributed by atoms with Gasteiger partial charge >= 0.3 is 0 Å². The largest absolute Gasteiger partial charge is 0.549 e. The van der Waals surface area contributed by atoms with Gasteiger partial charge in [-0.05, 0) is 18.6 Å². The molecule has 0 amide bonds. The van der Waals surface area contributed by atoms with Gasteiger partial charge < -0.3 is 4.43 Å². The van der Waals surface area contributed by atoms with Gasteiger partial charge in [0.1, 0.15) is 5.05 Å². The van der Waals surface area contributed by atoms with E-state index in [-0.39, 0.29) is 0 Å². The molecular weight excluding hydrogens is 148 g/mol. The van der Waals surface area contributed by atoms with Crippen molar-refractivity contribution in [2.24, 2.45) is 0 Å². The SMILES string of the molecule is CCCCCC(=S)O[SiH3]. The molecule has 0 unspecified atom stereocenters. The van der Waals surface area contributed by atoms with Crippen LogP contribution >= 0.6 is 12.2 Å². The molecule has 3 heteroatoms. The van der Waals surface area contributed by atoms with E-state index in [2.05, 4.69) is 6.92 Å². The second-order valence-electron chi connectivity index (χ2n) is 2.03. The molecule has 0 aliphatic heterocycles. The third kappa shape index (κ3) is 5.99. The molecule has 0 heterocycles. The molecule has 0 N–H and O–H groups in total. The quantitative estimate of drug-likeness (QED) is 0.349. The molecule has 0 saturated carbocycles. The van der Waals surface area contributed by atoms with Gasteiger partial charge in [-0.3, -0.25) is 0 Å². The second kappa shape index (κ2) is 6.23. The summed E-state index contributed by atoms with van der Waals surface area (Å²) in [6.45, 7) is 2.19. The third-order valence-corrected chi connectivity index (χ3v) is 2.37. The van der Waals surface area contributed by atoms with Crippen molar-refractivity contribution in [2.75, 3.05) is 0 Å². The minimum atomic E-state index is 0.750. The van der Waals surface area contributed by atoms with Gasteiger partial charge in [0.2, 0.25) is 10.5 Å². The number of hydrogen-bond donors (Lipinski definition) is 0. The average molecular weight is 162 g/mol. The van der Waals surface area contributed by atoms with Crippen LogP contribution in [0, 0.1) is 0 Å². The maximum atomic E-state index is 4.97. The fraction of sp³-hybridized carbons (Fsp3) is 0.833. The third-order valence-electron chi connectivity index (χ3n) is 1.21. The van der Waals surface area contributed by atoms with Crippen molar-refractivity contribution in [2.45, 2.75) is 32.6 Å². The number of unbranched alkanes of at least 4 members (excludes halogenated alkanes) is 2. The molecule has 0 aliphatic carbocycles. The number of rotatable bonds is 4. The minimum absolute atomic E-state index is 0.750. The topological polar surface area (TPSA) is 9.23 Å². The van der Waals surface area contributed by atoms with Crippen LogP contribution in [0.25, 0.3) is 0 Å². The maximum absolute atomic E-state index is 4.97. The summed E-state index contributed by atoms with van der Waals surface area (Å²) in [5.41, 5.74) is 0. The summed E-state index contributed by atoms with van der Waals surface area (Å²) >= 11 is 4.88. The van der Waals surface area contributed by atoms with Crippen molar-refractivity contribution >= 4 is 27.8 Å². The fourth-order valence-corrected chi connectivity index (χ4v) is 0.970. The highest BCUT2D eigenvalue weighted by atomic mass is 32.1. The van der Waals surface area contributed by atoms with Crippen LogP contribution in [0.5, 0.6) is 0 Å². The summed E-state index contributed by atoms with van der Waals surface area (Å²) in [5.74, 6) is 0. The molecule has 0 aromatic rings. The Morgan fingerprint density at radius 2 is 2.22 bits per heavy atom. The van der Waals surface area contributed by atoms with Crippen molar-refractivity contribution < 1.29 is 4.43 Å². The molecule has 0 spiro atoms. The maximum Gasteiger partial charge on any atom is 0.204 e. The Bertz CT molecular complexity index is 85.1. The molecule has 0 aromatic carbocycles. The monoisotopic (exact) mass is 162 g/mol. The first-order chi connectivity index (χ1) is 4.31. The van der Waals surface area contributed by atoms with Gasteiger partial charge in [-0.15, -0.1) is 0 Å². The standard InChI is InChI=1S/C6H14OSSi/c1-2-3-4-5-6(8)7-9/h2-5H2,1,9H3. The molecule has 9 heavy (non-hydrogen) atoms. The zero-order valence-electron chi connectivity index (χ0n) is 6.14. The van der Waals surface area contributed by atoms with E-state index < -0.39 is 0 Å². The summed E-state index contributed by atoms with van der Waals surface area (Å²) in [6, 6.07) is 0. The Balaban J connectivity index is 2.97. The molecule has 0 bridgehead atoms. The van der Waals surface area contributed by atoms with Gasteiger partial charge in [0.05, 0.1) is 0 Å². The van der Waals surface area contributed by atoms with Crippen LogP contribution in [0.4, 0.5) is 0 Å². The Kier molecular flexibility index (Phi) is 6.30. The first-order valence-corrected chi connectivity index (χ1v) is 4.60. The van der Waals surface area contributed by atoms with Gasteiger partial charge in [-0.1, -0.05) is 19.8 Å². The van der Waals surface area contributed by atoms with E-state index in [1.807, 2.05) is 0 Å². The van der Waals surface area contributed by atoms with Gasteiger partial charge in [0, 0.05) is 6.42 Å². The summed E-state index contributed by atoms with van der Waals surface area (Å²) in [7, 11) is 0.750. The Morgan fingerprint density at radius 1 is 1.56 bits per heavy atom. The lowest BCUT2D eigenvalue weighted by molar-refractivity contribution is 0.591. The van der Waals surface area contributed by atoms with E-state index in [0.29, 0.717) is 0 Å². The van der Waals surface area contributed by atoms with Crippen LogP contribution in [0.3, 0.4) is 0 Å². The van der Waals surface area contributed by atoms with Crippen LogP contribution < -0.4 is 0 Å². The van der Waals surface area contributed by atoms with E-state index in [1.165, 1.54) is 19.3 Å². The predicted octanol–water partition coefficient (Wildman–Crippen LogP) is 1.19. The smallest absolute Gasteiger partial charge is 0.204 e. The Morgan fingerprint density at radius 3 is 2.67 bits per heavy atom. The minimum Gasteiger partial charge on any atom is -0.549 e. The van der Waals surface area contributed by atoms with Crippen LogP contribution in [0.2, 0.25) is 0 Å². The summed E-state index contributed by atoms with van der Waals surface area (Å²) < 4.78 is 4.97. The molecule has 0 aliphatic rings. The summed E-state index contributed by atoms with van der Waals surface area (Å²) in [6.07, 6.45) is 4.69. The van der Waals surface area contributed by atoms with Crippen LogP contribution in [0.15, 0.2) is 0 Å². The van der Waals surface area contributed by atoms with Crippen molar-refractivity contribution in [3.8, 4) is 0 Å². The Labute approximate surface area is 65.3 Å². The Hall–Kier alpha value is 0.107. The van der Waals surface area contributed by atoms with Gasteiger partial charge in [0.15, 0.2) is 0 Å². The first-order valence-electron chi connectivity index (χ1n) is 3.38. The van der Waals surface area contributed by atoms with E-state index >= 15 is 0 Å². The predicted molar refractivity (Wildman–Crippen MR) is 47.8 cm³/mol. The highest BCUT2D eigenvalue weighted by molar-refractivity contribution is 7.80. The lowest BCUT2D eigenvalue weighted by Crippen LogP contribution is -1.96. The van der Waals surface area contributed by atoms with Crippen molar-refractivity contribution in [1.29, 1.82) is 0 Å². The van der Waals surface area contributed by atoms with E-state index in [9.17, 15) is 0 Å².